The first-order chi connectivity index (χ1) is 11.5. The third kappa shape index (κ3) is 6.05. The van der Waals surface area contributed by atoms with Crippen molar-refractivity contribution in [3.8, 4) is 0 Å². The van der Waals surface area contributed by atoms with Crippen LogP contribution >= 0.6 is 11.6 Å². The first-order valence-corrected chi connectivity index (χ1v) is 8.13. The van der Waals surface area contributed by atoms with Crippen molar-refractivity contribution in [3.63, 3.8) is 0 Å². The maximum absolute atomic E-state index is 11.8. The highest BCUT2D eigenvalue weighted by molar-refractivity contribution is 6.30. The molecule has 1 N–H and O–H groups in total. The standard InChI is InChI=1S/C19H20ClNO3/c1-14-4-2-3-5-16(14)8-11-18(22)21-12-19(23)24-13-15-6-9-17(20)10-7-15/h2-7,9-10H,8,11-13H2,1H3,(H,21,22). The quantitative estimate of drug-likeness (QED) is 0.782. The first kappa shape index (κ1) is 18.0. The lowest BCUT2D eigenvalue weighted by atomic mass is 10.0. The van der Waals surface area contributed by atoms with Gasteiger partial charge in [-0.1, -0.05) is 48.0 Å². The minimum atomic E-state index is -0.464. The molecule has 0 fully saturated rings. The van der Waals surface area contributed by atoms with Gasteiger partial charge < -0.3 is 10.1 Å². The Hall–Kier alpha value is -2.33. The minimum Gasteiger partial charge on any atom is -0.460 e. The number of benzene rings is 2. The summed E-state index contributed by atoms with van der Waals surface area (Å²) in [5.74, 6) is -0.629. The van der Waals surface area contributed by atoms with E-state index in [1.54, 1.807) is 24.3 Å². The van der Waals surface area contributed by atoms with E-state index in [2.05, 4.69) is 5.32 Å². The van der Waals surface area contributed by atoms with Crippen molar-refractivity contribution in [1.29, 1.82) is 0 Å². The van der Waals surface area contributed by atoms with Crippen molar-refractivity contribution in [1.82, 2.24) is 5.32 Å². The number of hydrogen-bond donors (Lipinski definition) is 1. The average Bonchev–Trinajstić information content (AvgIpc) is 2.58. The van der Waals surface area contributed by atoms with E-state index in [4.69, 9.17) is 16.3 Å². The number of hydrogen-bond acceptors (Lipinski definition) is 3. The Morgan fingerprint density at radius 3 is 2.50 bits per heavy atom. The highest BCUT2D eigenvalue weighted by Gasteiger charge is 2.08. The number of esters is 1. The van der Waals surface area contributed by atoms with Crippen LogP contribution in [0.5, 0.6) is 0 Å². The summed E-state index contributed by atoms with van der Waals surface area (Å²) in [6, 6.07) is 15.0. The van der Waals surface area contributed by atoms with Crippen LogP contribution in [0, 0.1) is 6.92 Å². The molecule has 1 amide bonds. The highest BCUT2D eigenvalue weighted by atomic mass is 35.5. The van der Waals surface area contributed by atoms with Gasteiger partial charge in [0.05, 0.1) is 0 Å². The van der Waals surface area contributed by atoms with Gasteiger partial charge in [-0.05, 0) is 42.2 Å². The zero-order valence-electron chi connectivity index (χ0n) is 13.5. The van der Waals surface area contributed by atoms with E-state index >= 15 is 0 Å². The van der Waals surface area contributed by atoms with Gasteiger partial charge in [-0.25, -0.2) is 0 Å². The van der Waals surface area contributed by atoms with Crippen LogP contribution in [0.4, 0.5) is 0 Å². The zero-order valence-corrected chi connectivity index (χ0v) is 14.3. The number of carbonyl (C=O) groups excluding carboxylic acids is 2. The Morgan fingerprint density at radius 2 is 1.79 bits per heavy atom. The number of nitrogens with one attached hydrogen (secondary N) is 1. The summed E-state index contributed by atoms with van der Waals surface area (Å²) in [6.45, 7) is 2.05. The van der Waals surface area contributed by atoms with Crippen LogP contribution in [0.15, 0.2) is 48.5 Å². The van der Waals surface area contributed by atoms with Gasteiger partial charge in [0, 0.05) is 11.4 Å². The molecule has 0 saturated carbocycles. The van der Waals surface area contributed by atoms with Crippen molar-refractivity contribution in [2.45, 2.75) is 26.4 Å². The molecule has 2 aromatic carbocycles. The molecule has 0 spiro atoms. The molecule has 0 aliphatic heterocycles. The SMILES string of the molecule is Cc1ccccc1CCC(=O)NCC(=O)OCc1ccc(Cl)cc1. The van der Waals surface area contributed by atoms with Crippen LogP contribution in [0.25, 0.3) is 0 Å². The summed E-state index contributed by atoms with van der Waals surface area (Å²) in [6.07, 6.45) is 0.994. The van der Waals surface area contributed by atoms with E-state index < -0.39 is 5.97 Å². The highest BCUT2D eigenvalue weighted by Crippen LogP contribution is 2.10. The fraction of sp³-hybridized carbons (Fsp3) is 0.263. The minimum absolute atomic E-state index is 0.125. The van der Waals surface area contributed by atoms with E-state index in [1.165, 1.54) is 0 Å². The fourth-order valence-corrected chi connectivity index (χ4v) is 2.32. The molecule has 5 heteroatoms. The number of carbonyl (C=O) groups is 2. The topological polar surface area (TPSA) is 55.4 Å². The second-order valence-corrected chi connectivity index (χ2v) is 5.93. The second-order valence-electron chi connectivity index (χ2n) is 5.49. The Balaban J connectivity index is 1.66. The number of rotatable bonds is 7. The third-order valence-corrected chi connectivity index (χ3v) is 3.88. The summed E-state index contributed by atoms with van der Waals surface area (Å²) < 4.78 is 5.10. The van der Waals surface area contributed by atoms with E-state index in [0.717, 1.165) is 16.7 Å². The van der Waals surface area contributed by atoms with Crippen LogP contribution in [0.2, 0.25) is 5.02 Å². The largest absolute Gasteiger partial charge is 0.460 e. The van der Waals surface area contributed by atoms with Gasteiger partial charge in [-0.3, -0.25) is 9.59 Å². The fourth-order valence-electron chi connectivity index (χ4n) is 2.19. The molecule has 126 valence electrons. The lowest BCUT2D eigenvalue weighted by molar-refractivity contribution is -0.145. The smallest absolute Gasteiger partial charge is 0.325 e. The van der Waals surface area contributed by atoms with Crippen molar-refractivity contribution in [2.75, 3.05) is 6.54 Å². The Labute approximate surface area is 146 Å². The van der Waals surface area contributed by atoms with E-state index in [0.29, 0.717) is 17.9 Å². The monoisotopic (exact) mass is 345 g/mol. The second kappa shape index (κ2) is 9.08. The van der Waals surface area contributed by atoms with Gasteiger partial charge >= 0.3 is 5.97 Å². The summed E-state index contributed by atoms with van der Waals surface area (Å²) in [5, 5.41) is 3.21. The molecule has 0 aliphatic carbocycles. The van der Waals surface area contributed by atoms with Crippen molar-refractivity contribution in [3.05, 3.63) is 70.2 Å². The Kier molecular flexibility index (Phi) is 6.82. The van der Waals surface area contributed by atoms with Crippen molar-refractivity contribution < 1.29 is 14.3 Å². The van der Waals surface area contributed by atoms with Crippen LogP contribution in [-0.2, 0) is 27.4 Å². The molecule has 4 nitrogen and oxygen atoms in total. The number of aryl methyl sites for hydroxylation is 2. The predicted molar refractivity (Wildman–Crippen MR) is 93.8 cm³/mol. The van der Waals surface area contributed by atoms with Gasteiger partial charge in [-0.15, -0.1) is 0 Å². The molecular formula is C19H20ClNO3. The molecule has 0 atom stereocenters. The Morgan fingerprint density at radius 1 is 1.08 bits per heavy atom. The maximum atomic E-state index is 11.8. The molecule has 0 heterocycles. The van der Waals surface area contributed by atoms with Crippen LogP contribution in [0.1, 0.15) is 23.1 Å². The first-order valence-electron chi connectivity index (χ1n) is 7.76. The summed E-state index contributed by atoms with van der Waals surface area (Å²) in [4.78, 5) is 23.5. The molecule has 0 radical (unpaired) electrons. The van der Waals surface area contributed by atoms with Crippen LogP contribution in [0.3, 0.4) is 0 Å². The summed E-state index contributed by atoms with van der Waals surface area (Å²) in [7, 11) is 0. The number of ether oxygens (including phenoxy) is 1. The van der Waals surface area contributed by atoms with Crippen molar-refractivity contribution in [2.24, 2.45) is 0 Å². The third-order valence-electron chi connectivity index (χ3n) is 3.63. The predicted octanol–water partition coefficient (Wildman–Crippen LogP) is 3.44. The van der Waals surface area contributed by atoms with Crippen LogP contribution < -0.4 is 5.32 Å². The lowest BCUT2D eigenvalue weighted by Gasteiger charge is -2.08. The lowest BCUT2D eigenvalue weighted by Crippen LogP contribution is -2.30. The zero-order chi connectivity index (χ0) is 17.4. The van der Waals surface area contributed by atoms with Crippen LogP contribution in [-0.4, -0.2) is 18.4 Å². The number of amides is 1. The normalized spacial score (nSPS) is 10.2. The average molecular weight is 346 g/mol. The Bertz CT molecular complexity index is 698. The molecule has 24 heavy (non-hydrogen) atoms. The maximum Gasteiger partial charge on any atom is 0.325 e. The number of halogens is 1. The van der Waals surface area contributed by atoms with E-state index in [9.17, 15) is 9.59 Å². The van der Waals surface area contributed by atoms with E-state index in [-0.39, 0.29) is 19.1 Å². The molecule has 0 aliphatic rings. The molecular weight excluding hydrogens is 326 g/mol. The molecule has 2 rings (SSSR count). The van der Waals surface area contributed by atoms with Gasteiger partial charge in [0.15, 0.2) is 0 Å². The molecule has 2 aromatic rings. The molecule has 0 unspecified atom stereocenters. The van der Waals surface area contributed by atoms with Gasteiger partial charge in [0.1, 0.15) is 13.2 Å². The van der Waals surface area contributed by atoms with E-state index in [1.807, 2.05) is 31.2 Å². The summed E-state index contributed by atoms with van der Waals surface area (Å²) in [5.41, 5.74) is 3.14. The summed E-state index contributed by atoms with van der Waals surface area (Å²) >= 11 is 5.79. The van der Waals surface area contributed by atoms with Gasteiger partial charge in [0.25, 0.3) is 0 Å². The molecule has 0 saturated heterocycles. The van der Waals surface area contributed by atoms with Crippen molar-refractivity contribution >= 4 is 23.5 Å². The van der Waals surface area contributed by atoms with Gasteiger partial charge in [0.2, 0.25) is 5.91 Å². The van der Waals surface area contributed by atoms with Gasteiger partial charge in [-0.2, -0.15) is 0 Å². The molecule has 0 aromatic heterocycles. The molecule has 0 bridgehead atoms.